The lowest BCUT2D eigenvalue weighted by Gasteiger charge is -2.11. The summed E-state index contributed by atoms with van der Waals surface area (Å²) in [7, 11) is 0. The van der Waals surface area contributed by atoms with Crippen molar-refractivity contribution in [2.75, 3.05) is 5.43 Å². The van der Waals surface area contributed by atoms with E-state index < -0.39 is 0 Å². The summed E-state index contributed by atoms with van der Waals surface area (Å²) >= 11 is 4.79. The standard InChI is InChI=1S/C16H15N5S/c1-10-6-8-11(9-7-10)14-12-4-2-3-5-13(12)15(19-18-14)20-21-16(17)22/h2-9H,1H3,(H,19,20)(H3,17,21,22). The van der Waals surface area contributed by atoms with Crippen LogP contribution >= 0.6 is 12.2 Å². The molecule has 0 aliphatic heterocycles. The van der Waals surface area contributed by atoms with Crippen molar-refractivity contribution < 1.29 is 0 Å². The van der Waals surface area contributed by atoms with Gasteiger partial charge in [0.1, 0.15) is 5.69 Å². The fourth-order valence-electron chi connectivity index (χ4n) is 2.24. The van der Waals surface area contributed by atoms with Crippen molar-refractivity contribution in [3.63, 3.8) is 0 Å². The monoisotopic (exact) mass is 309 g/mol. The maximum absolute atomic E-state index is 5.43. The van der Waals surface area contributed by atoms with Gasteiger partial charge in [0.25, 0.3) is 0 Å². The molecule has 0 unspecified atom stereocenters. The second-order valence-corrected chi connectivity index (χ2v) is 5.36. The van der Waals surface area contributed by atoms with Crippen molar-refractivity contribution in [3.8, 4) is 11.3 Å². The first-order valence-electron chi connectivity index (χ1n) is 6.79. The molecule has 1 aromatic heterocycles. The summed E-state index contributed by atoms with van der Waals surface area (Å²) in [5.41, 5.74) is 14.1. The number of benzene rings is 2. The summed E-state index contributed by atoms with van der Waals surface area (Å²) in [6, 6.07) is 16.1. The average Bonchev–Trinajstić information content (AvgIpc) is 2.53. The maximum Gasteiger partial charge on any atom is 0.182 e. The van der Waals surface area contributed by atoms with E-state index in [-0.39, 0.29) is 5.11 Å². The highest BCUT2D eigenvalue weighted by Gasteiger charge is 2.10. The first-order chi connectivity index (χ1) is 10.6. The van der Waals surface area contributed by atoms with E-state index in [1.54, 1.807) is 0 Å². The van der Waals surface area contributed by atoms with Crippen LogP contribution in [0.1, 0.15) is 5.56 Å². The van der Waals surface area contributed by atoms with E-state index in [2.05, 4.69) is 40.1 Å². The Morgan fingerprint density at radius 1 is 1.00 bits per heavy atom. The number of thiocarbonyl (C=S) groups is 1. The molecular formula is C16H15N5S. The number of hydrazine groups is 1. The number of nitrogens with two attached hydrogens (primary N) is 1. The van der Waals surface area contributed by atoms with Crippen molar-refractivity contribution >= 4 is 33.9 Å². The molecule has 6 heteroatoms. The van der Waals surface area contributed by atoms with Gasteiger partial charge in [0.15, 0.2) is 10.9 Å². The van der Waals surface area contributed by atoms with Crippen LogP contribution in [-0.4, -0.2) is 15.3 Å². The summed E-state index contributed by atoms with van der Waals surface area (Å²) < 4.78 is 0. The number of fused-ring (bicyclic) bond motifs is 1. The largest absolute Gasteiger partial charge is 0.375 e. The number of nitrogens with one attached hydrogen (secondary N) is 2. The molecule has 0 bridgehead atoms. The Labute approximate surface area is 133 Å². The van der Waals surface area contributed by atoms with Gasteiger partial charge in [-0.05, 0) is 19.1 Å². The van der Waals surface area contributed by atoms with Crippen molar-refractivity contribution in [2.24, 2.45) is 5.73 Å². The molecule has 5 nitrogen and oxygen atoms in total. The van der Waals surface area contributed by atoms with Crippen molar-refractivity contribution in [2.45, 2.75) is 6.92 Å². The predicted molar refractivity (Wildman–Crippen MR) is 93.3 cm³/mol. The molecule has 0 atom stereocenters. The van der Waals surface area contributed by atoms with Crippen LogP contribution in [0.5, 0.6) is 0 Å². The van der Waals surface area contributed by atoms with E-state index in [4.69, 9.17) is 18.0 Å². The predicted octanol–water partition coefficient (Wildman–Crippen LogP) is 2.77. The summed E-state index contributed by atoms with van der Waals surface area (Å²) in [6.07, 6.45) is 0. The van der Waals surface area contributed by atoms with Gasteiger partial charge >= 0.3 is 0 Å². The van der Waals surface area contributed by atoms with Crippen LogP contribution in [-0.2, 0) is 0 Å². The topological polar surface area (TPSA) is 75.9 Å². The molecule has 0 aliphatic carbocycles. The second kappa shape index (κ2) is 5.95. The number of hydrogen-bond donors (Lipinski definition) is 3. The lowest BCUT2D eigenvalue weighted by atomic mass is 10.0. The Kier molecular flexibility index (Phi) is 3.84. The molecule has 0 saturated heterocycles. The highest BCUT2D eigenvalue weighted by Crippen LogP contribution is 2.29. The zero-order chi connectivity index (χ0) is 15.5. The lowest BCUT2D eigenvalue weighted by molar-refractivity contribution is 1.01. The quantitative estimate of drug-likeness (QED) is 0.510. The van der Waals surface area contributed by atoms with Gasteiger partial charge in [-0.2, -0.15) is 0 Å². The molecule has 3 aromatic rings. The zero-order valence-corrected chi connectivity index (χ0v) is 12.8. The summed E-state index contributed by atoms with van der Waals surface area (Å²) in [6.45, 7) is 2.06. The van der Waals surface area contributed by atoms with E-state index >= 15 is 0 Å². The Morgan fingerprint density at radius 2 is 1.68 bits per heavy atom. The normalized spacial score (nSPS) is 10.4. The fraction of sp³-hybridized carbons (Fsp3) is 0.0625. The molecule has 3 rings (SSSR count). The van der Waals surface area contributed by atoms with Gasteiger partial charge in [0.05, 0.1) is 0 Å². The van der Waals surface area contributed by atoms with Gasteiger partial charge in [-0.1, -0.05) is 54.1 Å². The van der Waals surface area contributed by atoms with Crippen LogP contribution in [0.2, 0.25) is 0 Å². The number of nitrogens with zero attached hydrogens (tertiary/aromatic N) is 2. The van der Waals surface area contributed by atoms with Crippen LogP contribution in [0.15, 0.2) is 48.5 Å². The molecule has 1 heterocycles. The van der Waals surface area contributed by atoms with E-state index in [0.717, 1.165) is 22.0 Å². The van der Waals surface area contributed by atoms with Gasteiger partial charge in [0, 0.05) is 16.3 Å². The SMILES string of the molecule is Cc1ccc(-c2nnc(NNC(N)=S)c3ccccc23)cc1. The number of aromatic nitrogens is 2. The molecule has 0 spiro atoms. The summed E-state index contributed by atoms with van der Waals surface area (Å²) in [5.74, 6) is 0.583. The molecule has 0 aliphatic rings. The van der Waals surface area contributed by atoms with Gasteiger partial charge in [0.2, 0.25) is 0 Å². The minimum Gasteiger partial charge on any atom is -0.375 e. The average molecular weight is 309 g/mol. The van der Waals surface area contributed by atoms with Crippen molar-refractivity contribution in [1.29, 1.82) is 0 Å². The van der Waals surface area contributed by atoms with Gasteiger partial charge < -0.3 is 5.73 Å². The van der Waals surface area contributed by atoms with Gasteiger partial charge in [-0.25, -0.2) is 0 Å². The Morgan fingerprint density at radius 3 is 2.36 bits per heavy atom. The Bertz CT molecular complexity index is 830. The zero-order valence-electron chi connectivity index (χ0n) is 12.0. The van der Waals surface area contributed by atoms with Crippen LogP contribution in [0.25, 0.3) is 22.0 Å². The molecule has 2 aromatic carbocycles. The number of anilines is 1. The first kappa shape index (κ1) is 14.2. The first-order valence-corrected chi connectivity index (χ1v) is 7.20. The van der Waals surface area contributed by atoms with Crippen LogP contribution in [0.3, 0.4) is 0 Å². The molecule has 0 amide bonds. The molecule has 110 valence electrons. The van der Waals surface area contributed by atoms with E-state index in [1.165, 1.54) is 5.56 Å². The Balaban J connectivity index is 2.11. The van der Waals surface area contributed by atoms with Gasteiger partial charge in [-0.15, -0.1) is 10.2 Å². The molecule has 4 N–H and O–H groups in total. The number of aryl methyl sites for hydroxylation is 1. The summed E-state index contributed by atoms with van der Waals surface area (Å²) in [5, 5.41) is 10.7. The van der Waals surface area contributed by atoms with Crippen LogP contribution in [0.4, 0.5) is 5.82 Å². The molecule has 0 fully saturated rings. The molecule has 0 radical (unpaired) electrons. The third-order valence-electron chi connectivity index (χ3n) is 3.32. The maximum atomic E-state index is 5.43. The lowest BCUT2D eigenvalue weighted by Crippen LogP contribution is -2.34. The smallest absolute Gasteiger partial charge is 0.182 e. The minimum atomic E-state index is 0.147. The van der Waals surface area contributed by atoms with E-state index in [0.29, 0.717) is 5.82 Å². The third kappa shape index (κ3) is 2.82. The van der Waals surface area contributed by atoms with E-state index in [9.17, 15) is 0 Å². The van der Waals surface area contributed by atoms with Crippen molar-refractivity contribution in [3.05, 3.63) is 54.1 Å². The van der Waals surface area contributed by atoms with Crippen LogP contribution in [0, 0.1) is 6.92 Å². The Hall–Kier alpha value is -2.73. The fourth-order valence-corrected chi connectivity index (χ4v) is 2.29. The van der Waals surface area contributed by atoms with Crippen LogP contribution < -0.4 is 16.6 Å². The second-order valence-electron chi connectivity index (χ2n) is 4.92. The summed E-state index contributed by atoms with van der Waals surface area (Å²) in [4.78, 5) is 0. The number of hydrogen-bond acceptors (Lipinski definition) is 4. The third-order valence-corrected chi connectivity index (χ3v) is 3.42. The van der Waals surface area contributed by atoms with Crippen molar-refractivity contribution in [1.82, 2.24) is 15.6 Å². The minimum absolute atomic E-state index is 0.147. The molecular weight excluding hydrogens is 294 g/mol. The van der Waals surface area contributed by atoms with E-state index in [1.807, 2.05) is 36.4 Å². The molecule has 22 heavy (non-hydrogen) atoms. The number of rotatable bonds is 3. The van der Waals surface area contributed by atoms with Gasteiger partial charge in [-0.3, -0.25) is 10.9 Å². The highest BCUT2D eigenvalue weighted by atomic mass is 32.1. The highest BCUT2D eigenvalue weighted by molar-refractivity contribution is 7.80. The molecule has 0 saturated carbocycles.